The van der Waals surface area contributed by atoms with Gasteiger partial charge in [-0.1, -0.05) is 24.8 Å². The highest BCUT2D eigenvalue weighted by Crippen LogP contribution is 2.40. The third-order valence-corrected chi connectivity index (χ3v) is 4.01. The Balaban J connectivity index is 2.14. The zero-order valence-electron chi connectivity index (χ0n) is 10.9. The van der Waals surface area contributed by atoms with Gasteiger partial charge in [0.05, 0.1) is 18.5 Å². The minimum Gasteiger partial charge on any atom is -0.497 e. The molecule has 20 heavy (non-hydrogen) atoms. The number of halogens is 1. The van der Waals surface area contributed by atoms with Gasteiger partial charge in [-0.15, -0.1) is 0 Å². The van der Waals surface area contributed by atoms with Crippen LogP contribution >= 0.6 is 15.9 Å². The molecule has 0 saturated heterocycles. The van der Waals surface area contributed by atoms with Crippen LogP contribution < -0.4 is 9.64 Å². The minimum absolute atomic E-state index is 0.0699. The topological polar surface area (TPSA) is 29.5 Å². The van der Waals surface area contributed by atoms with Crippen molar-refractivity contribution in [3.05, 3.63) is 64.6 Å². The van der Waals surface area contributed by atoms with Crippen LogP contribution in [0, 0.1) is 0 Å². The Morgan fingerprint density at radius 2 is 1.85 bits per heavy atom. The van der Waals surface area contributed by atoms with E-state index in [0.29, 0.717) is 17.0 Å². The second kappa shape index (κ2) is 4.80. The van der Waals surface area contributed by atoms with E-state index >= 15 is 0 Å². The third kappa shape index (κ3) is 1.84. The van der Waals surface area contributed by atoms with Gasteiger partial charge in [-0.05, 0) is 34.1 Å². The van der Waals surface area contributed by atoms with Gasteiger partial charge in [0.2, 0.25) is 0 Å². The first-order chi connectivity index (χ1) is 9.63. The number of hydrogen-bond acceptors (Lipinski definition) is 2. The molecule has 0 aliphatic carbocycles. The highest BCUT2D eigenvalue weighted by molar-refractivity contribution is 9.10. The molecule has 0 bridgehead atoms. The highest BCUT2D eigenvalue weighted by Gasteiger charge is 2.32. The summed E-state index contributed by atoms with van der Waals surface area (Å²) in [6.07, 6.45) is 0. The molecule has 100 valence electrons. The standard InChI is InChI=1S/C16H12BrNO2/c1-10-12-5-3-4-6-13(12)16(19)18(10)15-9-11(20-2)7-8-14(15)17/h3-9H,1H2,2H3. The first-order valence-corrected chi connectivity index (χ1v) is 6.89. The molecular weight excluding hydrogens is 318 g/mol. The molecule has 0 N–H and O–H groups in total. The fourth-order valence-corrected chi connectivity index (χ4v) is 2.75. The van der Waals surface area contributed by atoms with Crippen molar-refractivity contribution >= 4 is 33.2 Å². The maximum atomic E-state index is 12.6. The van der Waals surface area contributed by atoms with Crippen molar-refractivity contribution in [3.63, 3.8) is 0 Å². The van der Waals surface area contributed by atoms with Gasteiger partial charge in [0.1, 0.15) is 5.75 Å². The number of carbonyl (C=O) groups is 1. The normalized spacial score (nSPS) is 13.6. The van der Waals surface area contributed by atoms with E-state index in [9.17, 15) is 4.79 Å². The zero-order valence-corrected chi connectivity index (χ0v) is 12.5. The Labute approximate surface area is 125 Å². The predicted molar refractivity (Wildman–Crippen MR) is 83.0 cm³/mol. The number of nitrogens with zero attached hydrogens (tertiary/aromatic N) is 1. The van der Waals surface area contributed by atoms with Crippen molar-refractivity contribution in [2.75, 3.05) is 12.0 Å². The fraction of sp³-hybridized carbons (Fsp3) is 0.0625. The second-order valence-electron chi connectivity index (χ2n) is 4.45. The minimum atomic E-state index is -0.0699. The van der Waals surface area contributed by atoms with Crippen LogP contribution in [0.25, 0.3) is 5.70 Å². The zero-order chi connectivity index (χ0) is 14.3. The molecule has 3 rings (SSSR count). The molecular formula is C16H12BrNO2. The summed E-state index contributed by atoms with van der Waals surface area (Å²) >= 11 is 3.48. The van der Waals surface area contributed by atoms with Crippen LogP contribution in [0.1, 0.15) is 15.9 Å². The van der Waals surface area contributed by atoms with E-state index in [-0.39, 0.29) is 5.91 Å². The highest BCUT2D eigenvalue weighted by atomic mass is 79.9. The molecule has 1 amide bonds. The summed E-state index contributed by atoms with van der Waals surface area (Å²) in [7, 11) is 1.60. The number of ether oxygens (including phenoxy) is 1. The number of anilines is 1. The van der Waals surface area contributed by atoms with E-state index in [1.165, 1.54) is 0 Å². The summed E-state index contributed by atoms with van der Waals surface area (Å²) in [4.78, 5) is 14.2. The Morgan fingerprint density at radius 3 is 2.50 bits per heavy atom. The van der Waals surface area contributed by atoms with E-state index in [4.69, 9.17) is 4.74 Å². The van der Waals surface area contributed by atoms with Gasteiger partial charge in [0.25, 0.3) is 5.91 Å². The lowest BCUT2D eigenvalue weighted by atomic mass is 10.1. The third-order valence-electron chi connectivity index (χ3n) is 3.34. The van der Waals surface area contributed by atoms with Gasteiger partial charge in [-0.3, -0.25) is 9.69 Å². The largest absolute Gasteiger partial charge is 0.497 e. The van der Waals surface area contributed by atoms with Gasteiger partial charge < -0.3 is 4.74 Å². The molecule has 1 heterocycles. The smallest absolute Gasteiger partial charge is 0.263 e. The lowest BCUT2D eigenvalue weighted by molar-refractivity contribution is 0.101. The summed E-state index contributed by atoms with van der Waals surface area (Å²) < 4.78 is 6.05. The monoisotopic (exact) mass is 329 g/mol. The quantitative estimate of drug-likeness (QED) is 0.830. The van der Waals surface area contributed by atoms with Crippen LogP contribution in [0.5, 0.6) is 5.75 Å². The lowest BCUT2D eigenvalue weighted by Crippen LogP contribution is -2.22. The summed E-state index contributed by atoms with van der Waals surface area (Å²) in [5.74, 6) is 0.624. The van der Waals surface area contributed by atoms with Crippen LogP contribution in [0.15, 0.2) is 53.5 Å². The number of hydrogen-bond donors (Lipinski definition) is 0. The summed E-state index contributed by atoms with van der Waals surface area (Å²) in [6, 6.07) is 13.0. The number of fused-ring (bicyclic) bond motifs is 1. The first kappa shape index (κ1) is 12.9. The maximum absolute atomic E-state index is 12.6. The Kier molecular flexibility index (Phi) is 3.10. The van der Waals surface area contributed by atoms with Gasteiger partial charge in [0.15, 0.2) is 0 Å². The number of benzene rings is 2. The molecule has 4 heteroatoms. The van der Waals surface area contributed by atoms with Crippen LogP contribution in [0.4, 0.5) is 5.69 Å². The molecule has 0 radical (unpaired) electrons. The van der Waals surface area contributed by atoms with Crippen molar-refractivity contribution < 1.29 is 9.53 Å². The summed E-state index contributed by atoms with van der Waals surface area (Å²) in [5, 5.41) is 0. The molecule has 0 saturated carbocycles. The summed E-state index contributed by atoms with van der Waals surface area (Å²) in [5.41, 5.74) is 2.95. The van der Waals surface area contributed by atoms with Crippen molar-refractivity contribution in [1.82, 2.24) is 0 Å². The van der Waals surface area contributed by atoms with Crippen LogP contribution in [-0.2, 0) is 0 Å². The van der Waals surface area contributed by atoms with E-state index in [0.717, 1.165) is 15.7 Å². The average Bonchev–Trinajstić information content (AvgIpc) is 2.72. The van der Waals surface area contributed by atoms with Crippen LogP contribution in [-0.4, -0.2) is 13.0 Å². The lowest BCUT2D eigenvalue weighted by Gasteiger charge is -2.19. The van der Waals surface area contributed by atoms with Crippen LogP contribution in [0.2, 0.25) is 0 Å². The number of amides is 1. The van der Waals surface area contributed by atoms with Gasteiger partial charge in [-0.25, -0.2) is 0 Å². The van der Waals surface area contributed by atoms with Crippen molar-refractivity contribution in [2.24, 2.45) is 0 Å². The van der Waals surface area contributed by atoms with E-state index in [1.54, 1.807) is 12.0 Å². The number of methoxy groups -OCH3 is 1. The molecule has 0 fully saturated rings. The number of rotatable bonds is 2. The SMILES string of the molecule is C=C1c2ccccc2C(=O)N1c1cc(OC)ccc1Br. The van der Waals surface area contributed by atoms with E-state index in [1.807, 2.05) is 42.5 Å². The van der Waals surface area contributed by atoms with Crippen molar-refractivity contribution in [1.29, 1.82) is 0 Å². The van der Waals surface area contributed by atoms with Crippen LogP contribution in [0.3, 0.4) is 0 Å². The van der Waals surface area contributed by atoms with Crippen molar-refractivity contribution in [2.45, 2.75) is 0 Å². The number of carbonyl (C=O) groups excluding carboxylic acids is 1. The summed E-state index contributed by atoms with van der Waals surface area (Å²) in [6.45, 7) is 4.04. The van der Waals surface area contributed by atoms with Gasteiger partial charge >= 0.3 is 0 Å². The molecule has 2 aromatic carbocycles. The molecule has 1 aliphatic rings. The molecule has 0 aromatic heterocycles. The first-order valence-electron chi connectivity index (χ1n) is 6.10. The molecule has 2 aromatic rings. The Hall–Kier alpha value is -2.07. The second-order valence-corrected chi connectivity index (χ2v) is 5.30. The van der Waals surface area contributed by atoms with E-state index < -0.39 is 0 Å². The van der Waals surface area contributed by atoms with E-state index in [2.05, 4.69) is 22.5 Å². The molecule has 1 aliphatic heterocycles. The van der Waals surface area contributed by atoms with Gasteiger partial charge in [-0.2, -0.15) is 0 Å². The molecule has 0 atom stereocenters. The molecule has 0 spiro atoms. The Bertz CT molecular complexity index is 689. The predicted octanol–water partition coefficient (Wildman–Crippen LogP) is 4.09. The molecule has 3 nitrogen and oxygen atoms in total. The molecule has 0 unspecified atom stereocenters. The van der Waals surface area contributed by atoms with Gasteiger partial charge in [0, 0.05) is 21.7 Å². The maximum Gasteiger partial charge on any atom is 0.263 e. The Morgan fingerprint density at radius 1 is 1.15 bits per heavy atom. The average molecular weight is 330 g/mol. The van der Waals surface area contributed by atoms with Crippen molar-refractivity contribution in [3.8, 4) is 5.75 Å². The fourth-order valence-electron chi connectivity index (χ4n) is 2.33.